The molecule has 0 aliphatic heterocycles. The molecule has 0 atom stereocenters. The Kier molecular flexibility index (Phi) is 4.17. The molecule has 2 aromatic rings. The highest BCUT2D eigenvalue weighted by Crippen LogP contribution is 2.27. The summed E-state index contributed by atoms with van der Waals surface area (Å²) in [6.07, 6.45) is -0.472. The standard InChI is InChI=1S/C17H20N2O2/c1-17(2,3)21-16(20)19-13-8-6-7-12(11-13)14-9-4-5-10-15(14)18/h4-11H,18H2,1-3H3,(H,19,20). The number of nitrogens with one attached hydrogen (secondary N) is 1. The smallest absolute Gasteiger partial charge is 0.412 e. The first-order chi connectivity index (χ1) is 9.85. The van der Waals surface area contributed by atoms with Crippen molar-refractivity contribution in [1.29, 1.82) is 0 Å². The summed E-state index contributed by atoms with van der Waals surface area (Å²) in [5, 5.41) is 2.73. The van der Waals surface area contributed by atoms with Crippen molar-refractivity contribution in [2.45, 2.75) is 26.4 Å². The first-order valence-electron chi connectivity index (χ1n) is 6.80. The Hall–Kier alpha value is -2.49. The van der Waals surface area contributed by atoms with E-state index in [0.29, 0.717) is 11.4 Å². The van der Waals surface area contributed by atoms with Crippen LogP contribution >= 0.6 is 0 Å². The summed E-state index contributed by atoms with van der Waals surface area (Å²) in [6, 6.07) is 15.1. The largest absolute Gasteiger partial charge is 0.444 e. The minimum atomic E-state index is -0.522. The van der Waals surface area contributed by atoms with Gasteiger partial charge in [0, 0.05) is 16.9 Å². The molecule has 0 spiro atoms. The molecule has 0 heterocycles. The van der Waals surface area contributed by atoms with E-state index in [9.17, 15) is 4.79 Å². The van der Waals surface area contributed by atoms with Gasteiger partial charge in [0.05, 0.1) is 0 Å². The highest BCUT2D eigenvalue weighted by Gasteiger charge is 2.16. The van der Waals surface area contributed by atoms with Crippen LogP contribution < -0.4 is 11.1 Å². The van der Waals surface area contributed by atoms with Crippen LogP contribution in [-0.2, 0) is 4.74 Å². The molecule has 1 amide bonds. The molecular formula is C17H20N2O2. The third-order valence-electron chi connectivity index (χ3n) is 2.78. The third-order valence-corrected chi connectivity index (χ3v) is 2.78. The number of hydrogen-bond acceptors (Lipinski definition) is 3. The molecule has 0 saturated carbocycles. The molecule has 0 aromatic heterocycles. The van der Waals surface area contributed by atoms with Gasteiger partial charge in [-0.05, 0) is 44.5 Å². The number of para-hydroxylation sites is 1. The van der Waals surface area contributed by atoms with E-state index >= 15 is 0 Å². The van der Waals surface area contributed by atoms with Gasteiger partial charge in [-0.15, -0.1) is 0 Å². The van der Waals surface area contributed by atoms with E-state index in [0.717, 1.165) is 11.1 Å². The molecule has 21 heavy (non-hydrogen) atoms. The number of rotatable bonds is 2. The van der Waals surface area contributed by atoms with E-state index < -0.39 is 11.7 Å². The summed E-state index contributed by atoms with van der Waals surface area (Å²) >= 11 is 0. The number of benzene rings is 2. The summed E-state index contributed by atoms with van der Waals surface area (Å²) < 4.78 is 5.24. The first kappa shape index (κ1) is 14.9. The number of carbonyl (C=O) groups excluding carboxylic acids is 1. The molecule has 3 N–H and O–H groups in total. The normalized spacial score (nSPS) is 11.0. The van der Waals surface area contributed by atoms with Gasteiger partial charge in [0.15, 0.2) is 0 Å². The van der Waals surface area contributed by atoms with Crippen LogP contribution in [0.2, 0.25) is 0 Å². The van der Waals surface area contributed by atoms with E-state index in [2.05, 4.69) is 5.32 Å². The van der Waals surface area contributed by atoms with Gasteiger partial charge < -0.3 is 10.5 Å². The van der Waals surface area contributed by atoms with Crippen molar-refractivity contribution in [3.8, 4) is 11.1 Å². The lowest BCUT2D eigenvalue weighted by Gasteiger charge is -2.19. The zero-order chi connectivity index (χ0) is 15.5. The second-order valence-electron chi connectivity index (χ2n) is 5.79. The SMILES string of the molecule is CC(C)(C)OC(=O)Nc1cccc(-c2ccccc2N)c1. The fraction of sp³-hybridized carbons (Fsp3) is 0.235. The highest BCUT2D eigenvalue weighted by atomic mass is 16.6. The van der Waals surface area contributed by atoms with Crippen LogP contribution in [0.25, 0.3) is 11.1 Å². The van der Waals surface area contributed by atoms with Crippen LogP contribution in [0.3, 0.4) is 0 Å². The maximum absolute atomic E-state index is 11.8. The minimum Gasteiger partial charge on any atom is -0.444 e. The van der Waals surface area contributed by atoms with Crippen molar-refractivity contribution in [1.82, 2.24) is 0 Å². The van der Waals surface area contributed by atoms with Crippen molar-refractivity contribution in [2.75, 3.05) is 11.1 Å². The van der Waals surface area contributed by atoms with Gasteiger partial charge in [0.2, 0.25) is 0 Å². The molecule has 0 fully saturated rings. The van der Waals surface area contributed by atoms with Crippen LogP contribution in [0.5, 0.6) is 0 Å². The quantitative estimate of drug-likeness (QED) is 0.809. The van der Waals surface area contributed by atoms with E-state index in [1.165, 1.54) is 0 Å². The number of anilines is 2. The fourth-order valence-electron chi connectivity index (χ4n) is 1.95. The molecular weight excluding hydrogens is 264 g/mol. The molecule has 0 unspecified atom stereocenters. The fourth-order valence-corrected chi connectivity index (χ4v) is 1.95. The molecule has 4 nitrogen and oxygen atoms in total. The number of nitrogen functional groups attached to an aromatic ring is 1. The monoisotopic (exact) mass is 284 g/mol. The number of hydrogen-bond donors (Lipinski definition) is 2. The molecule has 0 aliphatic rings. The number of nitrogens with two attached hydrogens (primary N) is 1. The summed E-state index contributed by atoms with van der Waals surface area (Å²) in [6.45, 7) is 5.48. The molecule has 0 aliphatic carbocycles. The average molecular weight is 284 g/mol. The average Bonchev–Trinajstić information content (AvgIpc) is 2.37. The Morgan fingerprint density at radius 3 is 2.48 bits per heavy atom. The number of ether oxygens (including phenoxy) is 1. The van der Waals surface area contributed by atoms with E-state index in [1.54, 1.807) is 0 Å². The molecule has 0 saturated heterocycles. The van der Waals surface area contributed by atoms with Gasteiger partial charge in [-0.3, -0.25) is 5.32 Å². The lowest BCUT2D eigenvalue weighted by atomic mass is 10.0. The Morgan fingerprint density at radius 2 is 1.81 bits per heavy atom. The van der Waals surface area contributed by atoms with Gasteiger partial charge in [0.25, 0.3) is 0 Å². The minimum absolute atomic E-state index is 0.472. The van der Waals surface area contributed by atoms with Crippen LogP contribution in [0.1, 0.15) is 20.8 Å². The van der Waals surface area contributed by atoms with Gasteiger partial charge in [-0.1, -0.05) is 30.3 Å². The zero-order valence-electron chi connectivity index (χ0n) is 12.5. The summed E-state index contributed by atoms with van der Waals surface area (Å²) in [4.78, 5) is 11.8. The maximum atomic E-state index is 11.8. The second-order valence-corrected chi connectivity index (χ2v) is 5.79. The Morgan fingerprint density at radius 1 is 1.10 bits per heavy atom. The van der Waals surface area contributed by atoms with Crippen LogP contribution in [0, 0.1) is 0 Å². The van der Waals surface area contributed by atoms with Crippen molar-refractivity contribution in [3.05, 3.63) is 48.5 Å². The van der Waals surface area contributed by atoms with Crippen molar-refractivity contribution in [2.24, 2.45) is 0 Å². The molecule has 0 bridgehead atoms. The number of carbonyl (C=O) groups is 1. The molecule has 2 rings (SSSR count). The summed E-state index contributed by atoms with van der Waals surface area (Å²) in [5.74, 6) is 0. The lowest BCUT2D eigenvalue weighted by molar-refractivity contribution is 0.0636. The first-order valence-corrected chi connectivity index (χ1v) is 6.80. The molecule has 110 valence electrons. The molecule has 0 radical (unpaired) electrons. The van der Waals surface area contributed by atoms with Crippen LogP contribution in [-0.4, -0.2) is 11.7 Å². The summed E-state index contributed by atoms with van der Waals surface area (Å²) in [7, 11) is 0. The predicted molar refractivity (Wildman–Crippen MR) is 86.1 cm³/mol. The molecule has 2 aromatic carbocycles. The van der Waals surface area contributed by atoms with Crippen LogP contribution in [0.15, 0.2) is 48.5 Å². The van der Waals surface area contributed by atoms with Crippen molar-refractivity contribution < 1.29 is 9.53 Å². The molecule has 4 heteroatoms. The Balaban J connectivity index is 2.19. The Bertz CT molecular complexity index is 645. The third kappa shape index (κ3) is 4.24. The van der Waals surface area contributed by atoms with E-state index in [-0.39, 0.29) is 0 Å². The topological polar surface area (TPSA) is 64.3 Å². The van der Waals surface area contributed by atoms with E-state index in [1.807, 2.05) is 69.3 Å². The van der Waals surface area contributed by atoms with Crippen LogP contribution in [0.4, 0.5) is 16.2 Å². The lowest BCUT2D eigenvalue weighted by Crippen LogP contribution is -2.27. The van der Waals surface area contributed by atoms with Gasteiger partial charge in [0.1, 0.15) is 5.60 Å². The van der Waals surface area contributed by atoms with Gasteiger partial charge >= 0.3 is 6.09 Å². The Labute approximate surface area is 124 Å². The predicted octanol–water partition coefficient (Wildman–Crippen LogP) is 4.28. The van der Waals surface area contributed by atoms with E-state index in [4.69, 9.17) is 10.5 Å². The van der Waals surface area contributed by atoms with Gasteiger partial charge in [-0.25, -0.2) is 4.79 Å². The van der Waals surface area contributed by atoms with Crippen molar-refractivity contribution >= 4 is 17.5 Å². The zero-order valence-corrected chi connectivity index (χ0v) is 12.5. The van der Waals surface area contributed by atoms with Gasteiger partial charge in [-0.2, -0.15) is 0 Å². The summed E-state index contributed by atoms with van der Waals surface area (Å²) in [5.41, 5.74) is 8.71. The second kappa shape index (κ2) is 5.87. The highest BCUT2D eigenvalue weighted by molar-refractivity contribution is 5.87. The maximum Gasteiger partial charge on any atom is 0.412 e. The number of amides is 1. The van der Waals surface area contributed by atoms with Crippen molar-refractivity contribution in [3.63, 3.8) is 0 Å².